The molecular formula is C55H61N5O16. The molecule has 21 heteroatoms. The van der Waals surface area contributed by atoms with Crippen LogP contribution in [0.3, 0.4) is 0 Å². The Morgan fingerprint density at radius 3 is 1.20 bits per heavy atom. The third-order valence-electron chi connectivity index (χ3n) is 11.1. The largest absolute Gasteiger partial charge is 0.497 e. The van der Waals surface area contributed by atoms with Crippen molar-refractivity contribution in [3.8, 4) is 23.0 Å². The summed E-state index contributed by atoms with van der Waals surface area (Å²) in [5.74, 6) is -2.27. The summed E-state index contributed by atoms with van der Waals surface area (Å²) in [5.41, 5.74) is 14.4. The van der Waals surface area contributed by atoms with E-state index < -0.39 is 46.9 Å². The van der Waals surface area contributed by atoms with Crippen molar-refractivity contribution in [3.05, 3.63) is 125 Å². The highest BCUT2D eigenvalue weighted by molar-refractivity contribution is 6.17. The lowest BCUT2D eigenvalue weighted by Crippen LogP contribution is -2.26. The van der Waals surface area contributed by atoms with Crippen molar-refractivity contribution in [2.45, 2.75) is 78.8 Å². The third kappa shape index (κ3) is 14.7. The van der Waals surface area contributed by atoms with Crippen molar-refractivity contribution in [1.29, 1.82) is 0 Å². The van der Waals surface area contributed by atoms with Crippen LogP contribution in [0.15, 0.2) is 97.5 Å². The van der Waals surface area contributed by atoms with Crippen LogP contribution in [0.2, 0.25) is 0 Å². The van der Waals surface area contributed by atoms with Gasteiger partial charge in [-0.25, -0.2) is 9.59 Å². The fraction of sp³-hybridized carbons (Fsp3) is 0.291. The number of aromatic nitrogens is 3. The number of nitrogens with zero attached hydrogens (tertiary/aromatic N) is 3. The molecule has 7 N–H and O–H groups in total. The summed E-state index contributed by atoms with van der Waals surface area (Å²) >= 11 is 0. The normalized spacial score (nSPS) is 11.6. The molecule has 3 aromatic heterocycles. The maximum absolute atomic E-state index is 12.0. The zero-order chi connectivity index (χ0) is 56.4. The van der Waals surface area contributed by atoms with Crippen LogP contribution < -0.4 is 30.4 Å². The minimum Gasteiger partial charge on any atom is -0.497 e. The van der Waals surface area contributed by atoms with Crippen LogP contribution in [0.5, 0.6) is 23.0 Å². The number of nitrogens with two attached hydrogens (primary N) is 2. The number of methoxy groups -OCH3 is 4. The zero-order valence-electron chi connectivity index (χ0n) is 43.7. The Kier molecular flexibility index (Phi) is 18.3. The van der Waals surface area contributed by atoms with Gasteiger partial charge in [0.25, 0.3) is 11.8 Å². The van der Waals surface area contributed by atoms with E-state index in [9.17, 15) is 38.7 Å². The number of rotatable bonds is 14. The van der Waals surface area contributed by atoms with Crippen LogP contribution in [-0.4, -0.2) is 110 Å². The molecule has 0 fully saturated rings. The summed E-state index contributed by atoms with van der Waals surface area (Å²) in [6, 6.07) is 20.8. The number of hydrogen-bond donors (Lipinski definition) is 5. The molecule has 7 aromatic rings. The van der Waals surface area contributed by atoms with Crippen LogP contribution in [0, 0.1) is 0 Å². The maximum atomic E-state index is 12.0. The molecule has 3 heterocycles. The quantitative estimate of drug-likeness (QED) is 0.0666. The monoisotopic (exact) mass is 1050 g/mol. The number of amides is 2. The van der Waals surface area contributed by atoms with Crippen LogP contribution in [0.4, 0.5) is 0 Å². The lowest BCUT2D eigenvalue weighted by atomic mass is 10.1. The minimum absolute atomic E-state index is 0.00574. The SMILES string of the molecule is COc1ccc2c(C(=O)O)cn(CC(=O)OC(C)(C)C)c2c1.COc1ccc2c(C(N)=O)cn(CC(=O)O)c2c1.COc1ccc2c(C(N)=O)cn(CC(=O)OC(C)(C)C)c2c1.COc1ccc2c(c1)CC=C2C(=O)O. The van der Waals surface area contributed by atoms with E-state index >= 15 is 0 Å². The molecule has 0 aliphatic heterocycles. The van der Waals surface area contributed by atoms with E-state index in [-0.39, 0.29) is 31.2 Å². The molecule has 1 aliphatic carbocycles. The molecule has 21 nitrogen and oxygen atoms in total. The fourth-order valence-corrected chi connectivity index (χ4v) is 7.98. The Hall–Kier alpha value is -9.27. The topological polar surface area (TPSA) is 302 Å². The number of fused-ring (bicyclic) bond motifs is 4. The molecule has 0 saturated heterocycles. The number of benzene rings is 4. The predicted molar refractivity (Wildman–Crippen MR) is 281 cm³/mol. The van der Waals surface area contributed by atoms with E-state index in [1.807, 2.05) is 6.07 Å². The molecule has 0 bridgehead atoms. The van der Waals surface area contributed by atoms with Gasteiger partial charge in [0, 0.05) is 52.9 Å². The van der Waals surface area contributed by atoms with E-state index in [2.05, 4.69) is 0 Å². The molecule has 0 unspecified atom stereocenters. The minimum atomic E-state index is -1.04. The summed E-state index contributed by atoms with van der Waals surface area (Å²) in [5, 5.41) is 28.8. The van der Waals surface area contributed by atoms with Crippen LogP contribution in [0.25, 0.3) is 38.3 Å². The lowest BCUT2D eigenvalue weighted by Gasteiger charge is -2.19. The van der Waals surface area contributed by atoms with E-state index in [1.165, 1.54) is 31.2 Å². The van der Waals surface area contributed by atoms with Gasteiger partial charge >= 0.3 is 29.8 Å². The lowest BCUT2D eigenvalue weighted by molar-refractivity contribution is -0.156. The Balaban J connectivity index is 0.000000190. The fourth-order valence-electron chi connectivity index (χ4n) is 7.98. The average Bonchev–Trinajstić information content (AvgIpc) is 4.12. The van der Waals surface area contributed by atoms with Gasteiger partial charge in [0.2, 0.25) is 0 Å². The van der Waals surface area contributed by atoms with Gasteiger partial charge in [0.15, 0.2) is 0 Å². The molecule has 0 atom stereocenters. The molecule has 0 radical (unpaired) electrons. The van der Waals surface area contributed by atoms with Crippen LogP contribution >= 0.6 is 0 Å². The third-order valence-corrected chi connectivity index (χ3v) is 11.1. The molecule has 76 heavy (non-hydrogen) atoms. The summed E-state index contributed by atoms with van der Waals surface area (Å²) in [7, 11) is 6.20. The van der Waals surface area contributed by atoms with Crippen molar-refractivity contribution in [2.24, 2.45) is 11.5 Å². The molecule has 4 aromatic carbocycles. The maximum Gasteiger partial charge on any atom is 0.337 e. The van der Waals surface area contributed by atoms with E-state index in [0.717, 1.165) is 16.9 Å². The van der Waals surface area contributed by atoms with Gasteiger partial charge in [0.1, 0.15) is 53.8 Å². The number of primary amides is 2. The van der Waals surface area contributed by atoms with Crippen LogP contribution in [0.1, 0.15) is 83.7 Å². The van der Waals surface area contributed by atoms with Crippen molar-refractivity contribution in [3.63, 3.8) is 0 Å². The number of aliphatic carboxylic acids is 2. The van der Waals surface area contributed by atoms with Gasteiger partial charge in [-0.3, -0.25) is 24.0 Å². The molecule has 0 saturated carbocycles. The highest BCUT2D eigenvalue weighted by Gasteiger charge is 2.23. The number of aromatic carboxylic acids is 1. The summed E-state index contributed by atoms with van der Waals surface area (Å²) in [6.45, 7) is 10.4. The van der Waals surface area contributed by atoms with E-state index in [0.29, 0.717) is 73.1 Å². The first-order valence-corrected chi connectivity index (χ1v) is 23.3. The Labute approximate surface area is 436 Å². The number of carboxylic acid groups (broad SMARTS) is 3. The number of carboxylic acids is 3. The van der Waals surface area contributed by atoms with E-state index in [4.69, 9.17) is 50.1 Å². The summed E-state index contributed by atoms with van der Waals surface area (Å²) in [6.07, 6.45) is 6.86. The van der Waals surface area contributed by atoms with Crippen molar-refractivity contribution in [2.75, 3.05) is 28.4 Å². The number of allylic oxidation sites excluding steroid dienone is 1. The molecular weight excluding hydrogens is 987 g/mol. The molecule has 1 aliphatic rings. The molecule has 8 rings (SSSR count). The number of esters is 2. The standard InChI is InChI=1S/C16H20N2O4.C16H19NO5.C12H12N2O4.C11H10O3/c1-16(2,3)22-14(19)9-18-8-12(15(17)20)11-6-5-10(21-4)7-13(11)18;1-16(2,3)22-14(18)9-17-8-12(15(19)20)11-6-5-10(21-4)7-13(11)17;1-18-7-2-3-8-9(12(13)17)5-14(6-11(15)16)10(8)4-7;1-14-8-3-5-9-7(6-8)2-4-10(9)11(12)13/h5-8H,9H2,1-4H3,(H2,17,20);5-8H,9H2,1-4H3,(H,19,20);2-5H,6H2,1H3,(H2,13,17)(H,15,16);3-6H,2H2,1H3,(H,12,13). The van der Waals surface area contributed by atoms with Crippen LogP contribution in [-0.2, 0) is 54.7 Å². The van der Waals surface area contributed by atoms with Gasteiger partial charge in [-0.2, -0.15) is 0 Å². The first-order valence-electron chi connectivity index (χ1n) is 23.3. The number of carbonyl (C=O) groups is 7. The van der Waals surface area contributed by atoms with Gasteiger partial charge < -0.3 is 68.9 Å². The smallest absolute Gasteiger partial charge is 0.337 e. The predicted octanol–water partition coefficient (Wildman–Crippen LogP) is 7.33. The average molecular weight is 1050 g/mol. The number of hydrogen-bond acceptors (Lipinski definition) is 13. The van der Waals surface area contributed by atoms with Gasteiger partial charge in [0.05, 0.1) is 67.3 Å². The number of ether oxygens (including phenoxy) is 6. The zero-order valence-corrected chi connectivity index (χ0v) is 43.7. The Morgan fingerprint density at radius 1 is 0.500 bits per heavy atom. The Morgan fingerprint density at radius 2 is 0.855 bits per heavy atom. The highest BCUT2D eigenvalue weighted by atomic mass is 16.6. The van der Waals surface area contributed by atoms with Crippen molar-refractivity contribution in [1.82, 2.24) is 13.7 Å². The first-order chi connectivity index (χ1) is 35.7. The molecule has 0 spiro atoms. The number of carbonyl (C=O) groups excluding carboxylic acids is 4. The van der Waals surface area contributed by atoms with E-state index in [1.54, 1.807) is 144 Å². The van der Waals surface area contributed by atoms with Crippen molar-refractivity contribution < 1.29 is 77.3 Å². The highest BCUT2D eigenvalue weighted by Crippen LogP contribution is 2.31. The molecule has 402 valence electrons. The molecule has 2 amide bonds. The summed E-state index contributed by atoms with van der Waals surface area (Å²) in [4.78, 5) is 79.8. The van der Waals surface area contributed by atoms with Crippen molar-refractivity contribution >= 4 is 79.9 Å². The first kappa shape index (κ1) is 57.6. The van der Waals surface area contributed by atoms with Gasteiger partial charge in [-0.15, -0.1) is 0 Å². The second kappa shape index (κ2) is 24.2. The second-order valence-electron chi connectivity index (χ2n) is 18.9. The second-order valence-corrected chi connectivity index (χ2v) is 18.9. The summed E-state index contributed by atoms with van der Waals surface area (Å²) < 4.78 is 35.7. The van der Waals surface area contributed by atoms with Gasteiger partial charge in [-0.05, 0) is 108 Å². The van der Waals surface area contributed by atoms with Gasteiger partial charge in [-0.1, -0.05) is 12.1 Å². The Bertz CT molecular complexity index is 3260.